The predicted octanol–water partition coefficient (Wildman–Crippen LogP) is 3.79. The molecular formula is C14H11ClFNO2. The highest BCUT2D eigenvalue weighted by Crippen LogP contribution is 2.24. The van der Waals surface area contributed by atoms with Gasteiger partial charge in [0, 0.05) is 6.54 Å². The Kier molecular flexibility index (Phi) is 4.02. The van der Waals surface area contributed by atoms with Gasteiger partial charge in [-0.1, -0.05) is 29.8 Å². The minimum absolute atomic E-state index is 0.0336. The molecule has 0 amide bonds. The maximum Gasteiger partial charge on any atom is 0.339 e. The van der Waals surface area contributed by atoms with Crippen molar-refractivity contribution in [3.8, 4) is 0 Å². The Bertz CT molecular complexity index is 599. The number of halogens is 2. The van der Waals surface area contributed by atoms with Gasteiger partial charge in [-0.2, -0.15) is 0 Å². The highest BCUT2D eigenvalue weighted by Gasteiger charge is 2.13. The number of hydrogen-bond acceptors (Lipinski definition) is 2. The van der Waals surface area contributed by atoms with Crippen LogP contribution in [0.5, 0.6) is 0 Å². The van der Waals surface area contributed by atoms with Crippen molar-refractivity contribution >= 4 is 23.3 Å². The van der Waals surface area contributed by atoms with Crippen LogP contribution in [0.2, 0.25) is 5.02 Å². The average molecular weight is 280 g/mol. The Morgan fingerprint density at radius 3 is 2.53 bits per heavy atom. The number of carbonyl (C=O) groups is 1. The van der Waals surface area contributed by atoms with Gasteiger partial charge in [0.05, 0.1) is 10.7 Å². The molecule has 2 aromatic rings. The molecule has 0 aliphatic carbocycles. The highest BCUT2D eigenvalue weighted by atomic mass is 35.5. The number of carboxylic acids is 1. The van der Waals surface area contributed by atoms with Crippen molar-refractivity contribution in [2.45, 2.75) is 6.54 Å². The van der Waals surface area contributed by atoms with E-state index in [4.69, 9.17) is 16.7 Å². The standard InChI is InChI=1S/C14H11ClFNO2/c15-11-2-1-3-12(13(11)14(18)19)17-8-9-4-6-10(16)7-5-9/h1-7,17H,8H2,(H,18,19). The molecule has 0 saturated carbocycles. The van der Waals surface area contributed by atoms with Gasteiger partial charge in [-0.05, 0) is 29.8 Å². The number of benzene rings is 2. The summed E-state index contributed by atoms with van der Waals surface area (Å²) in [6.07, 6.45) is 0. The fraction of sp³-hybridized carbons (Fsp3) is 0.0714. The zero-order chi connectivity index (χ0) is 13.8. The van der Waals surface area contributed by atoms with E-state index in [0.29, 0.717) is 12.2 Å². The zero-order valence-electron chi connectivity index (χ0n) is 9.86. The molecule has 5 heteroatoms. The van der Waals surface area contributed by atoms with Gasteiger partial charge in [0.25, 0.3) is 0 Å². The van der Waals surface area contributed by atoms with Crippen LogP contribution < -0.4 is 5.32 Å². The van der Waals surface area contributed by atoms with Crippen molar-refractivity contribution in [3.05, 3.63) is 64.4 Å². The van der Waals surface area contributed by atoms with E-state index in [0.717, 1.165) is 5.56 Å². The van der Waals surface area contributed by atoms with Gasteiger partial charge in [0.1, 0.15) is 11.4 Å². The maximum atomic E-state index is 12.8. The second kappa shape index (κ2) is 5.71. The monoisotopic (exact) mass is 279 g/mol. The molecule has 0 aliphatic rings. The Hall–Kier alpha value is -2.07. The molecule has 0 fully saturated rings. The van der Waals surface area contributed by atoms with Crippen LogP contribution in [0.15, 0.2) is 42.5 Å². The Balaban J connectivity index is 2.18. The lowest BCUT2D eigenvalue weighted by Crippen LogP contribution is -2.07. The summed E-state index contributed by atoms with van der Waals surface area (Å²) in [7, 11) is 0. The number of hydrogen-bond donors (Lipinski definition) is 2. The van der Waals surface area contributed by atoms with E-state index >= 15 is 0 Å². The molecule has 0 aromatic heterocycles. The first kappa shape index (κ1) is 13.4. The molecule has 2 rings (SSSR count). The summed E-state index contributed by atoms with van der Waals surface area (Å²) in [5, 5.41) is 12.3. The van der Waals surface area contributed by atoms with Gasteiger partial charge in [0.15, 0.2) is 0 Å². The molecule has 0 atom stereocenters. The molecule has 0 unspecified atom stereocenters. The Labute approximate surface area is 114 Å². The molecule has 0 radical (unpaired) electrons. The normalized spacial score (nSPS) is 10.2. The van der Waals surface area contributed by atoms with Crippen LogP contribution >= 0.6 is 11.6 Å². The lowest BCUT2D eigenvalue weighted by Gasteiger charge is -2.10. The van der Waals surface area contributed by atoms with Crippen LogP contribution in [0.3, 0.4) is 0 Å². The molecule has 19 heavy (non-hydrogen) atoms. The second-order valence-electron chi connectivity index (χ2n) is 3.95. The number of nitrogens with one attached hydrogen (secondary N) is 1. The number of anilines is 1. The summed E-state index contributed by atoms with van der Waals surface area (Å²) >= 11 is 5.86. The molecule has 0 heterocycles. The summed E-state index contributed by atoms with van der Waals surface area (Å²) in [6, 6.07) is 10.8. The van der Waals surface area contributed by atoms with E-state index in [2.05, 4.69) is 5.32 Å². The van der Waals surface area contributed by atoms with Crippen LogP contribution in [-0.4, -0.2) is 11.1 Å². The third-order valence-electron chi connectivity index (χ3n) is 2.62. The maximum absolute atomic E-state index is 12.8. The zero-order valence-corrected chi connectivity index (χ0v) is 10.6. The molecule has 0 saturated heterocycles. The van der Waals surface area contributed by atoms with Crippen molar-refractivity contribution in [2.75, 3.05) is 5.32 Å². The average Bonchev–Trinajstić information content (AvgIpc) is 2.37. The van der Waals surface area contributed by atoms with Crippen LogP contribution in [-0.2, 0) is 6.54 Å². The van der Waals surface area contributed by atoms with Crippen molar-refractivity contribution in [3.63, 3.8) is 0 Å². The number of carboxylic acid groups (broad SMARTS) is 1. The Morgan fingerprint density at radius 2 is 1.89 bits per heavy atom. The minimum Gasteiger partial charge on any atom is -0.478 e. The third-order valence-corrected chi connectivity index (χ3v) is 2.94. The molecule has 2 N–H and O–H groups in total. The van der Waals surface area contributed by atoms with Crippen LogP contribution in [0.25, 0.3) is 0 Å². The minimum atomic E-state index is -1.09. The summed E-state index contributed by atoms with van der Waals surface area (Å²) in [5.74, 6) is -1.40. The Morgan fingerprint density at radius 1 is 1.21 bits per heavy atom. The largest absolute Gasteiger partial charge is 0.478 e. The number of aromatic carboxylic acids is 1. The molecule has 0 aliphatic heterocycles. The van der Waals surface area contributed by atoms with E-state index in [1.54, 1.807) is 24.3 Å². The summed E-state index contributed by atoms with van der Waals surface area (Å²) in [6.45, 7) is 0.390. The smallest absolute Gasteiger partial charge is 0.339 e. The van der Waals surface area contributed by atoms with Crippen molar-refractivity contribution in [2.24, 2.45) is 0 Å². The van der Waals surface area contributed by atoms with Gasteiger partial charge >= 0.3 is 5.97 Å². The topological polar surface area (TPSA) is 49.3 Å². The lowest BCUT2D eigenvalue weighted by molar-refractivity contribution is 0.0698. The fourth-order valence-corrected chi connectivity index (χ4v) is 1.94. The van der Waals surface area contributed by atoms with Gasteiger partial charge in [-0.25, -0.2) is 9.18 Å². The molecule has 3 nitrogen and oxygen atoms in total. The fourth-order valence-electron chi connectivity index (χ4n) is 1.69. The van der Waals surface area contributed by atoms with Crippen LogP contribution in [0.4, 0.5) is 10.1 Å². The quantitative estimate of drug-likeness (QED) is 0.895. The predicted molar refractivity (Wildman–Crippen MR) is 72.1 cm³/mol. The van der Waals surface area contributed by atoms with Crippen molar-refractivity contribution < 1.29 is 14.3 Å². The molecule has 0 spiro atoms. The summed E-state index contributed by atoms with van der Waals surface area (Å²) in [5.41, 5.74) is 1.31. The summed E-state index contributed by atoms with van der Waals surface area (Å²) in [4.78, 5) is 11.1. The second-order valence-corrected chi connectivity index (χ2v) is 4.35. The SMILES string of the molecule is O=C(O)c1c(Cl)cccc1NCc1ccc(F)cc1. The first-order valence-electron chi connectivity index (χ1n) is 5.58. The van der Waals surface area contributed by atoms with E-state index in [1.165, 1.54) is 18.2 Å². The van der Waals surface area contributed by atoms with E-state index in [-0.39, 0.29) is 16.4 Å². The van der Waals surface area contributed by atoms with Gasteiger partial charge in [-0.15, -0.1) is 0 Å². The van der Waals surface area contributed by atoms with Gasteiger partial charge in [-0.3, -0.25) is 0 Å². The van der Waals surface area contributed by atoms with Gasteiger partial charge < -0.3 is 10.4 Å². The van der Waals surface area contributed by atoms with Crippen LogP contribution in [0, 0.1) is 5.82 Å². The summed E-state index contributed by atoms with van der Waals surface area (Å²) < 4.78 is 12.8. The van der Waals surface area contributed by atoms with Crippen LogP contribution in [0.1, 0.15) is 15.9 Å². The van der Waals surface area contributed by atoms with Gasteiger partial charge in [0.2, 0.25) is 0 Å². The van der Waals surface area contributed by atoms with Crippen molar-refractivity contribution in [1.82, 2.24) is 0 Å². The van der Waals surface area contributed by atoms with E-state index in [1.807, 2.05) is 0 Å². The molecule has 2 aromatic carbocycles. The molecular weight excluding hydrogens is 269 g/mol. The lowest BCUT2D eigenvalue weighted by atomic mass is 10.1. The first-order valence-corrected chi connectivity index (χ1v) is 5.96. The van der Waals surface area contributed by atoms with E-state index in [9.17, 15) is 9.18 Å². The highest BCUT2D eigenvalue weighted by molar-refractivity contribution is 6.34. The number of rotatable bonds is 4. The van der Waals surface area contributed by atoms with E-state index < -0.39 is 5.97 Å². The van der Waals surface area contributed by atoms with Crippen molar-refractivity contribution in [1.29, 1.82) is 0 Å². The first-order chi connectivity index (χ1) is 9.08. The molecule has 0 bridgehead atoms. The molecule has 98 valence electrons. The third kappa shape index (κ3) is 3.23.